The molecule has 0 unspecified atom stereocenters. The van der Waals surface area contributed by atoms with Gasteiger partial charge in [0.15, 0.2) is 5.16 Å². The minimum Gasteiger partial charge on any atom is -0.494 e. The lowest BCUT2D eigenvalue weighted by molar-refractivity contribution is 0.319. The summed E-state index contributed by atoms with van der Waals surface area (Å²) in [5.74, 6) is 1.65. The molecule has 2 heterocycles. The van der Waals surface area contributed by atoms with Crippen molar-refractivity contribution in [1.29, 1.82) is 0 Å². The van der Waals surface area contributed by atoms with Crippen molar-refractivity contribution >= 4 is 56.9 Å². The number of pyridine rings is 1. The van der Waals surface area contributed by atoms with Crippen molar-refractivity contribution in [3.05, 3.63) is 62.9 Å². The van der Waals surface area contributed by atoms with E-state index >= 15 is 0 Å². The maximum Gasteiger partial charge on any atom is 0.248 e. The lowest BCUT2D eigenvalue weighted by Gasteiger charge is -2.06. The van der Waals surface area contributed by atoms with E-state index in [2.05, 4.69) is 15.0 Å². The van der Waals surface area contributed by atoms with Crippen LogP contribution in [0.5, 0.6) is 5.75 Å². The summed E-state index contributed by atoms with van der Waals surface area (Å²) in [5, 5.41) is 2.79. The van der Waals surface area contributed by atoms with Gasteiger partial charge in [0, 0.05) is 22.7 Å². The number of rotatable bonds is 6. The molecule has 0 spiro atoms. The number of ether oxygens (including phenoxy) is 1. The number of fused-ring (bicyclic) bond motifs is 2. The zero-order valence-electron chi connectivity index (χ0n) is 14.1. The van der Waals surface area contributed by atoms with Crippen LogP contribution in [0.15, 0.2) is 52.4 Å². The lowest BCUT2D eigenvalue weighted by Crippen LogP contribution is -2.03. The topological polar surface area (TPSA) is 70.8 Å². The van der Waals surface area contributed by atoms with Gasteiger partial charge < -0.3 is 14.7 Å². The second kappa shape index (κ2) is 7.84. The third kappa shape index (κ3) is 4.24. The minimum atomic E-state index is -0.108. The van der Waals surface area contributed by atoms with Gasteiger partial charge in [-0.1, -0.05) is 35.0 Å². The zero-order valence-corrected chi connectivity index (χ0v) is 16.4. The Morgan fingerprint density at radius 2 is 1.85 bits per heavy atom. The molecule has 0 fully saturated rings. The van der Waals surface area contributed by atoms with Gasteiger partial charge in [0.25, 0.3) is 0 Å². The van der Waals surface area contributed by atoms with E-state index in [1.165, 1.54) is 6.07 Å². The van der Waals surface area contributed by atoms with Crippen molar-refractivity contribution in [3.63, 3.8) is 0 Å². The molecule has 8 heteroatoms. The van der Waals surface area contributed by atoms with Crippen LogP contribution in [0.25, 0.3) is 21.9 Å². The van der Waals surface area contributed by atoms with Crippen molar-refractivity contribution in [2.45, 2.75) is 11.6 Å². The molecule has 2 aromatic heterocycles. The second-order valence-corrected chi connectivity index (χ2v) is 7.85. The monoisotopic (exact) mass is 419 g/mol. The molecule has 0 saturated heterocycles. The van der Waals surface area contributed by atoms with E-state index in [0.29, 0.717) is 16.7 Å². The highest BCUT2D eigenvalue weighted by Crippen LogP contribution is 2.28. The number of H-pyrrole nitrogens is 2. The van der Waals surface area contributed by atoms with Crippen molar-refractivity contribution in [1.82, 2.24) is 15.0 Å². The largest absolute Gasteiger partial charge is 0.494 e. The van der Waals surface area contributed by atoms with Gasteiger partial charge in [0.1, 0.15) is 5.75 Å². The first-order chi connectivity index (χ1) is 13.1. The molecule has 0 aliphatic carbocycles. The molecule has 0 aliphatic heterocycles. The maximum absolute atomic E-state index is 11.3. The highest BCUT2D eigenvalue weighted by Gasteiger charge is 2.07. The summed E-state index contributed by atoms with van der Waals surface area (Å²) in [4.78, 5) is 21.8. The second-order valence-electron chi connectivity index (χ2n) is 5.95. The van der Waals surface area contributed by atoms with Crippen molar-refractivity contribution in [2.24, 2.45) is 0 Å². The molecule has 0 bridgehead atoms. The van der Waals surface area contributed by atoms with Crippen LogP contribution in [0.2, 0.25) is 10.0 Å². The summed E-state index contributed by atoms with van der Waals surface area (Å²) in [6.07, 6.45) is 0.868. The Balaban J connectivity index is 1.30. The van der Waals surface area contributed by atoms with E-state index in [-0.39, 0.29) is 5.56 Å². The van der Waals surface area contributed by atoms with Gasteiger partial charge in [-0.15, -0.1) is 0 Å². The van der Waals surface area contributed by atoms with E-state index in [9.17, 15) is 4.79 Å². The summed E-state index contributed by atoms with van der Waals surface area (Å²) >= 11 is 13.7. The van der Waals surface area contributed by atoms with E-state index < -0.39 is 0 Å². The number of nitrogens with zero attached hydrogens (tertiary/aromatic N) is 1. The Bertz CT molecular complexity index is 1130. The number of hydrogen-bond donors (Lipinski definition) is 2. The summed E-state index contributed by atoms with van der Waals surface area (Å²) in [5.41, 5.74) is 2.37. The molecule has 138 valence electrons. The first-order valence-electron chi connectivity index (χ1n) is 8.32. The van der Waals surface area contributed by atoms with Gasteiger partial charge >= 0.3 is 0 Å². The van der Waals surface area contributed by atoms with Gasteiger partial charge in [-0.05, 0) is 42.8 Å². The number of thioether (sulfide) groups is 1. The lowest BCUT2D eigenvalue weighted by atomic mass is 10.2. The summed E-state index contributed by atoms with van der Waals surface area (Å²) < 4.78 is 5.80. The number of hydrogen-bond acceptors (Lipinski definition) is 4. The van der Waals surface area contributed by atoms with Crippen LogP contribution in [-0.4, -0.2) is 27.3 Å². The van der Waals surface area contributed by atoms with E-state index in [4.69, 9.17) is 27.9 Å². The quantitative estimate of drug-likeness (QED) is 0.329. The Hall–Kier alpha value is -2.15. The molecule has 0 radical (unpaired) electrons. The zero-order chi connectivity index (χ0) is 18.8. The van der Waals surface area contributed by atoms with Crippen LogP contribution in [0.3, 0.4) is 0 Å². The molecular weight excluding hydrogens is 405 g/mol. The molecule has 5 nitrogen and oxygen atoms in total. The van der Waals surface area contributed by atoms with Crippen LogP contribution in [0.4, 0.5) is 0 Å². The molecular formula is C19H15Cl2N3O2S. The van der Waals surface area contributed by atoms with Gasteiger partial charge in [-0.3, -0.25) is 4.79 Å². The standard InChI is InChI=1S/C19H15Cl2N3O2S/c20-13-9-16-17(10-14(13)21)24-19(23-16)27-7-1-6-26-12-3-4-15-11(8-12)2-5-18(25)22-15/h2-5,8-10H,1,6-7H2,(H,22,25)(H,23,24). The third-order valence-corrected chi connectivity index (χ3v) is 5.68. The van der Waals surface area contributed by atoms with E-state index in [0.717, 1.165) is 45.0 Å². The average Bonchev–Trinajstić information content (AvgIpc) is 3.03. The fourth-order valence-corrected chi connectivity index (χ4v) is 3.81. The predicted molar refractivity (Wildman–Crippen MR) is 112 cm³/mol. The third-order valence-electron chi connectivity index (χ3n) is 3.99. The molecule has 0 saturated carbocycles. The first-order valence-corrected chi connectivity index (χ1v) is 10.1. The van der Waals surface area contributed by atoms with Gasteiger partial charge in [-0.25, -0.2) is 4.98 Å². The number of halogens is 2. The van der Waals surface area contributed by atoms with Crippen LogP contribution in [-0.2, 0) is 0 Å². The first kappa shape index (κ1) is 18.2. The van der Waals surface area contributed by atoms with Gasteiger partial charge in [0.2, 0.25) is 5.56 Å². The van der Waals surface area contributed by atoms with Crippen LogP contribution in [0.1, 0.15) is 6.42 Å². The Labute approximate surface area is 169 Å². The predicted octanol–water partition coefficient (Wildman–Crippen LogP) is 5.27. The summed E-state index contributed by atoms with van der Waals surface area (Å²) in [6.45, 7) is 0.597. The van der Waals surface area contributed by atoms with Crippen molar-refractivity contribution < 1.29 is 4.74 Å². The summed E-state index contributed by atoms with van der Waals surface area (Å²) in [6, 6.07) is 12.5. The fourth-order valence-electron chi connectivity index (χ4n) is 2.69. The molecule has 0 amide bonds. The Morgan fingerprint density at radius 1 is 1.00 bits per heavy atom. The number of aromatic nitrogens is 3. The fraction of sp³-hybridized carbons (Fsp3) is 0.158. The highest BCUT2D eigenvalue weighted by molar-refractivity contribution is 7.99. The smallest absolute Gasteiger partial charge is 0.248 e. The van der Waals surface area contributed by atoms with Crippen molar-refractivity contribution in [2.75, 3.05) is 12.4 Å². The molecule has 4 aromatic rings. The number of aromatic amines is 2. The molecule has 2 N–H and O–H groups in total. The molecule has 4 rings (SSSR count). The highest BCUT2D eigenvalue weighted by atomic mass is 35.5. The molecule has 0 aliphatic rings. The average molecular weight is 420 g/mol. The summed E-state index contributed by atoms with van der Waals surface area (Å²) in [7, 11) is 0. The maximum atomic E-state index is 11.3. The van der Waals surface area contributed by atoms with Crippen molar-refractivity contribution in [3.8, 4) is 5.75 Å². The Kier molecular flexibility index (Phi) is 5.29. The van der Waals surface area contributed by atoms with Gasteiger partial charge in [0.05, 0.1) is 27.7 Å². The van der Waals surface area contributed by atoms with Crippen LogP contribution < -0.4 is 10.3 Å². The number of nitrogens with one attached hydrogen (secondary N) is 2. The van der Waals surface area contributed by atoms with E-state index in [1.54, 1.807) is 30.0 Å². The normalized spacial score (nSPS) is 11.3. The van der Waals surface area contributed by atoms with Gasteiger partial charge in [-0.2, -0.15) is 0 Å². The number of benzene rings is 2. The minimum absolute atomic E-state index is 0.108. The van der Waals surface area contributed by atoms with Crippen LogP contribution in [0, 0.1) is 0 Å². The molecule has 0 atom stereocenters. The number of imidazole rings is 1. The Morgan fingerprint density at radius 3 is 2.74 bits per heavy atom. The van der Waals surface area contributed by atoms with Crippen LogP contribution >= 0.6 is 35.0 Å². The van der Waals surface area contributed by atoms with E-state index in [1.807, 2.05) is 18.2 Å². The molecule has 27 heavy (non-hydrogen) atoms. The SMILES string of the molecule is O=c1ccc2cc(OCCCSc3nc4cc(Cl)c(Cl)cc4[nH]3)ccc2[nH]1. The molecule has 2 aromatic carbocycles.